The van der Waals surface area contributed by atoms with Gasteiger partial charge in [-0.25, -0.2) is 4.90 Å². The fourth-order valence-electron chi connectivity index (χ4n) is 3.91. The summed E-state index contributed by atoms with van der Waals surface area (Å²) in [6, 6.07) is 12.0. The fraction of sp³-hybridized carbons (Fsp3) is 0.304. The van der Waals surface area contributed by atoms with Crippen molar-refractivity contribution in [3.63, 3.8) is 0 Å². The number of anilines is 1. The Hall–Kier alpha value is -3.03. The zero-order valence-corrected chi connectivity index (χ0v) is 18.5. The third-order valence-electron chi connectivity index (χ3n) is 5.64. The highest BCUT2D eigenvalue weighted by Crippen LogP contribution is 2.40. The second-order valence-electron chi connectivity index (χ2n) is 7.50. The summed E-state index contributed by atoms with van der Waals surface area (Å²) in [5.74, 6) is 0.216. The van der Waals surface area contributed by atoms with Crippen LogP contribution in [0, 0.1) is 0 Å². The maximum Gasteiger partial charge on any atom is 0.282 e. The molecule has 162 valence electrons. The van der Waals surface area contributed by atoms with Crippen LogP contribution < -0.4 is 14.4 Å². The Kier molecular flexibility index (Phi) is 5.89. The SMILES string of the molecule is COc1ccc(N2C(=O)C(c3ccc(Cl)cc3)=C(N3CCN(C)CC3)C2=O)c(OC)c1. The molecule has 0 unspecified atom stereocenters. The number of benzene rings is 2. The molecule has 2 heterocycles. The van der Waals surface area contributed by atoms with Crippen molar-refractivity contribution in [2.45, 2.75) is 0 Å². The average molecular weight is 442 g/mol. The van der Waals surface area contributed by atoms with E-state index in [-0.39, 0.29) is 11.8 Å². The van der Waals surface area contributed by atoms with E-state index in [1.165, 1.54) is 12.0 Å². The average Bonchev–Trinajstić information content (AvgIpc) is 3.04. The number of imide groups is 1. The molecule has 7 nitrogen and oxygen atoms in total. The molecule has 4 rings (SSSR count). The normalized spacial score (nSPS) is 17.5. The Labute approximate surface area is 186 Å². The molecule has 0 saturated carbocycles. The van der Waals surface area contributed by atoms with Crippen LogP contribution in [0.15, 0.2) is 48.2 Å². The molecule has 0 atom stereocenters. The van der Waals surface area contributed by atoms with Crippen LogP contribution in [0.3, 0.4) is 0 Å². The summed E-state index contributed by atoms with van der Waals surface area (Å²) in [5.41, 5.74) is 1.84. The standard InChI is InChI=1S/C23H24ClN3O4/c1-25-10-12-26(13-11-25)21-20(15-4-6-16(24)7-5-15)22(28)27(23(21)29)18-9-8-17(30-2)14-19(18)31-3/h4-9,14H,10-13H2,1-3H3. The van der Waals surface area contributed by atoms with Gasteiger partial charge in [0, 0.05) is 37.3 Å². The number of halogens is 1. The number of nitrogens with zero attached hydrogens (tertiary/aromatic N) is 3. The Morgan fingerprint density at radius 1 is 0.871 bits per heavy atom. The molecule has 8 heteroatoms. The van der Waals surface area contributed by atoms with Crippen LogP contribution in [0.25, 0.3) is 5.57 Å². The van der Waals surface area contributed by atoms with Crippen LogP contribution in [0.1, 0.15) is 5.56 Å². The number of likely N-dealkylation sites (N-methyl/N-ethyl adjacent to an activating group) is 1. The number of hydrogen-bond donors (Lipinski definition) is 0. The molecular formula is C23H24ClN3O4. The molecule has 0 radical (unpaired) electrons. The molecule has 2 aromatic carbocycles. The summed E-state index contributed by atoms with van der Waals surface area (Å²) in [6.07, 6.45) is 0. The number of methoxy groups -OCH3 is 2. The van der Waals surface area contributed by atoms with Crippen LogP contribution in [0.5, 0.6) is 11.5 Å². The van der Waals surface area contributed by atoms with E-state index in [0.29, 0.717) is 52.1 Å². The highest BCUT2D eigenvalue weighted by atomic mass is 35.5. The number of carbonyl (C=O) groups excluding carboxylic acids is 2. The van der Waals surface area contributed by atoms with Crippen molar-refractivity contribution in [3.05, 3.63) is 58.7 Å². The minimum Gasteiger partial charge on any atom is -0.497 e. The van der Waals surface area contributed by atoms with Gasteiger partial charge in [-0.15, -0.1) is 0 Å². The summed E-state index contributed by atoms with van der Waals surface area (Å²) >= 11 is 6.05. The van der Waals surface area contributed by atoms with Crippen LogP contribution in [0.2, 0.25) is 5.02 Å². The Morgan fingerprint density at radius 2 is 1.55 bits per heavy atom. The van der Waals surface area contributed by atoms with Crippen LogP contribution in [0.4, 0.5) is 5.69 Å². The molecule has 2 aliphatic rings. The maximum absolute atomic E-state index is 13.6. The van der Waals surface area contributed by atoms with Gasteiger partial charge in [-0.1, -0.05) is 23.7 Å². The van der Waals surface area contributed by atoms with Gasteiger partial charge >= 0.3 is 0 Å². The highest BCUT2D eigenvalue weighted by Gasteiger charge is 2.43. The van der Waals surface area contributed by atoms with Crippen molar-refractivity contribution in [1.29, 1.82) is 0 Å². The number of ether oxygens (including phenoxy) is 2. The lowest BCUT2D eigenvalue weighted by atomic mass is 10.0. The van der Waals surface area contributed by atoms with Gasteiger partial charge in [0.15, 0.2) is 0 Å². The molecule has 0 spiro atoms. The molecule has 2 aromatic rings. The molecule has 31 heavy (non-hydrogen) atoms. The summed E-state index contributed by atoms with van der Waals surface area (Å²) in [6.45, 7) is 2.94. The van der Waals surface area contributed by atoms with Gasteiger partial charge in [-0.05, 0) is 36.9 Å². The van der Waals surface area contributed by atoms with E-state index in [1.54, 1.807) is 49.6 Å². The molecular weight excluding hydrogens is 418 g/mol. The molecule has 2 aliphatic heterocycles. The predicted molar refractivity (Wildman–Crippen MR) is 119 cm³/mol. The maximum atomic E-state index is 13.6. The van der Waals surface area contributed by atoms with E-state index in [4.69, 9.17) is 21.1 Å². The van der Waals surface area contributed by atoms with Gasteiger partial charge in [-0.3, -0.25) is 9.59 Å². The second kappa shape index (κ2) is 8.61. The van der Waals surface area contributed by atoms with E-state index < -0.39 is 0 Å². The van der Waals surface area contributed by atoms with E-state index in [1.807, 2.05) is 11.9 Å². The first-order valence-electron chi connectivity index (χ1n) is 9.99. The third-order valence-corrected chi connectivity index (χ3v) is 5.89. The first-order valence-corrected chi connectivity index (χ1v) is 10.4. The van der Waals surface area contributed by atoms with Crippen LogP contribution in [-0.4, -0.2) is 69.1 Å². The lowest BCUT2D eigenvalue weighted by molar-refractivity contribution is -0.120. The van der Waals surface area contributed by atoms with Gasteiger partial charge in [0.1, 0.15) is 17.2 Å². The fourth-order valence-corrected chi connectivity index (χ4v) is 4.03. The van der Waals surface area contributed by atoms with Gasteiger partial charge in [0.25, 0.3) is 11.8 Å². The third kappa shape index (κ3) is 3.86. The van der Waals surface area contributed by atoms with Crippen LogP contribution in [-0.2, 0) is 9.59 Å². The lowest BCUT2D eigenvalue weighted by Crippen LogP contribution is -2.46. The smallest absolute Gasteiger partial charge is 0.282 e. The molecule has 1 fully saturated rings. The van der Waals surface area contributed by atoms with Gasteiger partial charge < -0.3 is 19.3 Å². The monoisotopic (exact) mass is 441 g/mol. The summed E-state index contributed by atoms with van der Waals surface area (Å²) in [7, 11) is 5.09. The van der Waals surface area contributed by atoms with Gasteiger partial charge in [0.2, 0.25) is 0 Å². The van der Waals surface area contributed by atoms with Crippen molar-refractivity contribution in [2.75, 3.05) is 52.3 Å². The predicted octanol–water partition coefficient (Wildman–Crippen LogP) is 2.89. The quantitative estimate of drug-likeness (QED) is 0.665. The lowest BCUT2D eigenvalue weighted by Gasteiger charge is -2.34. The number of rotatable bonds is 5. The van der Waals surface area contributed by atoms with Gasteiger partial charge in [-0.2, -0.15) is 0 Å². The second-order valence-corrected chi connectivity index (χ2v) is 7.94. The topological polar surface area (TPSA) is 62.3 Å². The molecule has 0 aliphatic carbocycles. The van der Waals surface area contributed by atoms with Gasteiger partial charge in [0.05, 0.1) is 25.5 Å². The highest BCUT2D eigenvalue weighted by molar-refractivity contribution is 6.45. The summed E-state index contributed by atoms with van der Waals surface area (Å²) in [4.78, 5) is 32.7. The Balaban J connectivity index is 1.82. The zero-order valence-electron chi connectivity index (χ0n) is 17.7. The van der Waals surface area contributed by atoms with Crippen molar-refractivity contribution in [1.82, 2.24) is 9.80 Å². The number of carbonyl (C=O) groups is 2. The van der Waals surface area contributed by atoms with E-state index >= 15 is 0 Å². The molecule has 0 aromatic heterocycles. The molecule has 0 bridgehead atoms. The summed E-state index contributed by atoms with van der Waals surface area (Å²) < 4.78 is 10.7. The van der Waals surface area contributed by atoms with Crippen LogP contribution >= 0.6 is 11.6 Å². The van der Waals surface area contributed by atoms with E-state index in [2.05, 4.69) is 4.90 Å². The van der Waals surface area contributed by atoms with E-state index in [0.717, 1.165) is 13.1 Å². The zero-order chi connectivity index (χ0) is 22.1. The van der Waals surface area contributed by atoms with Crippen molar-refractivity contribution in [3.8, 4) is 11.5 Å². The largest absolute Gasteiger partial charge is 0.497 e. The minimum atomic E-state index is -0.385. The number of hydrogen-bond acceptors (Lipinski definition) is 6. The number of piperazine rings is 1. The Morgan fingerprint density at radius 3 is 2.16 bits per heavy atom. The van der Waals surface area contributed by atoms with Crippen molar-refractivity contribution < 1.29 is 19.1 Å². The summed E-state index contributed by atoms with van der Waals surface area (Å²) in [5, 5.41) is 0.566. The number of amides is 2. The first-order chi connectivity index (χ1) is 14.9. The first kappa shape index (κ1) is 21.2. The molecule has 1 saturated heterocycles. The van der Waals surface area contributed by atoms with E-state index in [9.17, 15) is 9.59 Å². The van der Waals surface area contributed by atoms with Crippen molar-refractivity contribution in [2.24, 2.45) is 0 Å². The molecule has 2 amide bonds. The molecule has 0 N–H and O–H groups in total. The van der Waals surface area contributed by atoms with Crippen molar-refractivity contribution >= 4 is 34.7 Å². The Bertz CT molecular complexity index is 1040. The minimum absolute atomic E-state index is 0.358.